The lowest BCUT2D eigenvalue weighted by Crippen LogP contribution is -2.43. The van der Waals surface area contributed by atoms with Gasteiger partial charge in [-0.3, -0.25) is 4.99 Å². The van der Waals surface area contributed by atoms with Crippen molar-refractivity contribution in [2.45, 2.75) is 38.6 Å². The summed E-state index contributed by atoms with van der Waals surface area (Å²) in [7, 11) is 4.94. The number of ether oxygens (including phenoxy) is 2. The van der Waals surface area contributed by atoms with Gasteiger partial charge in [0.1, 0.15) is 0 Å². The molecular formula is C20H32IN3O3. The van der Waals surface area contributed by atoms with Gasteiger partial charge in [-0.05, 0) is 42.4 Å². The van der Waals surface area contributed by atoms with Crippen LogP contribution in [0.25, 0.3) is 0 Å². The predicted molar refractivity (Wildman–Crippen MR) is 119 cm³/mol. The zero-order chi connectivity index (χ0) is 18.8. The maximum absolute atomic E-state index is 11.5. The highest BCUT2D eigenvalue weighted by Gasteiger charge is 2.33. The Morgan fingerprint density at radius 3 is 2.37 bits per heavy atom. The van der Waals surface area contributed by atoms with E-state index in [0.717, 1.165) is 31.1 Å². The number of nitrogens with one attached hydrogen (secondary N) is 2. The van der Waals surface area contributed by atoms with Crippen molar-refractivity contribution in [3.05, 3.63) is 35.4 Å². The zero-order valence-electron chi connectivity index (χ0n) is 16.5. The standard InChI is InChI=1S/C20H31N3O3.HI/c1-21-19(23-15-20(12-13-25-2)10-4-5-11-20)22-14-16-6-8-17(9-7-16)18(24)26-3;/h6-9H,4-5,10-15H2,1-3H3,(H2,21,22,23);1H. The van der Waals surface area contributed by atoms with Crippen LogP contribution in [-0.2, 0) is 16.0 Å². The van der Waals surface area contributed by atoms with Gasteiger partial charge in [-0.1, -0.05) is 25.0 Å². The summed E-state index contributed by atoms with van der Waals surface area (Å²) in [6.45, 7) is 2.36. The molecule has 0 saturated heterocycles. The second-order valence-electron chi connectivity index (χ2n) is 6.92. The van der Waals surface area contributed by atoms with Crippen molar-refractivity contribution in [3.8, 4) is 0 Å². The van der Waals surface area contributed by atoms with Gasteiger partial charge in [0, 0.05) is 33.9 Å². The largest absolute Gasteiger partial charge is 0.465 e. The first kappa shape index (κ1) is 23.7. The molecule has 1 aromatic carbocycles. The van der Waals surface area contributed by atoms with E-state index in [4.69, 9.17) is 9.47 Å². The van der Waals surface area contributed by atoms with E-state index < -0.39 is 0 Å². The monoisotopic (exact) mass is 489 g/mol. The third kappa shape index (κ3) is 7.29. The first-order chi connectivity index (χ1) is 12.6. The fraction of sp³-hybridized carbons (Fsp3) is 0.600. The number of halogens is 1. The third-order valence-corrected chi connectivity index (χ3v) is 5.19. The normalized spacial score (nSPS) is 15.7. The number of aliphatic imine (C=N–C) groups is 1. The Balaban J connectivity index is 0.00000364. The van der Waals surface area contributed by atoms with Crippen molar-refractivity contribution in [2.75, 3.05) is 34.4 Å². The summed E-state index contributed by atoms with van der Waals surface area (Å²) in [4.78, 5) is 15.8. The Hall–Kier alpha value is -1.35. The number of esters is 1. The topological polar surface area (TPSA) is 72.0 Å². The summed E-state index contributed by atoms with van der Waals surface area (Å²) in [5, 5.41) is 6.82. The average Bonchev–Trinajstić information content (AvgIpc) is 3.15. The fourth-order valence-corrected chi connectivity index (χ4v) is 3.51. The van der Waals surface area contributed by atoms with E-state index in [-0.39, 0.29) is 29.9 Å². The van der Waals surface area contributed by atoms with Crippen molar-refractivity contribution in [2.24, 2.45) is 10.4 Å². The molecule has 1 aliphatic rings. The molecule has 1 aliphatic carbocycles. The molecule has 27 heavy (non-hydrogen) atoms. The Morgan fingerprint density at radius 2 is 1.81 bits per heavy atom. The van der Waals surface area contributed by atoms with Crippen molar-refractivity contribution >= 4 is 35.9 Å². The van der Waals surface area contributed by atoms with Crippen LogP contribution in [0.2, 0.25) is 0 Å². The number of hydrogen-bond acceptors (Lipinski definition) is 4. The average molecular weight is 489 g/mol. The van der Waals surface area contributed by atoms with E-state index in [1.807, 2.05) is 12.1 Å². The lowest BCUT2D eigenvalue weighted by Gasteiger charge is -2.30. The second-order valence-corrected chi connectivity index (χ2v) is 6.92. The molecule has 1 saturated carbocycles. The van der Waals surface area contributed by atoms with Crippen LogP contribution < -0.4 is 10.6 Å². The van der Waals surface area contributed by atoms with E-state index in [0.29, 0.717) is 17.5 Å². The maximum atomic E-state index is 11.5. The van der Waals surface area contributed by atoms with Gasteiger partial charge >= 0.3 is 5.97 Å². The minimum atomic E-state index is -0.320. The molecule has 0 unspecified atom stereocenters. The van der Waals surface area contributed by atoms with Crippen LogP contribution in [0.5, 0.6) is 0 Å². The highest BCUT2D eigenvalue weighted by atomic mass is 127. The van der Waals surface area contributed by atoms with Crippen LogP contribution >= 0.6 is 24.0 Å². The maximum Gasteiger partial charge on any atom is 0.337 e. The Kier molecular flexibility index (Phi) is 10.7. The molecule has 0 heterocycles. The quantitative estimate of drug-likeness (QED) is 0.254. The summed E-state index contributed by atoms with van der Waals surface area (Å²) in [5.74, 6) is 0.477. The van der Waals surface area contributed by atoms with Crippen LogP contribution in [-0.4, -0.2) is 46.3 Å². The molecule has 0 amide bonds. The number of benzene rings is 1. The molecule has 0 radical (unpaired) electrons. The summed E-state index contributed by atoms with van der Waals surface area (Å²) in [6.07, 6.45) is 6.17. The summed E-state index contributed by atoms with van der Waals surface area (Å²) < 4.78 is 10.0. The number of hydrogen-bond donors (Lipinski definition) is 2. The van der Waals surface area contributed by atoms with E-state index in [9.17, 15) is 4.79 Å². The van der Waals surface area contributed by atoms with Crippen LogP contribution in [0.1, 0.15) is 48.0 Å². The van der Waals surface area contributed by atoms with Crippen LogP contribution in [0.4, 0.5) is 0 Å². The Labute approximate surface area is 179 Å². The minimum Gasteiger partial charge on any atom is -0.465 e. The highest BCUT2D eigenvalue weighted by Crippen LogP contribution is 2.40. The van der Waals surface area contributed by atoms with Crippen molar-refractivity contribution in [3.63, 3.8) is 0 Å². The molecule has 2 rings (SSSR count). The van der Waals surface area contributed by atoms with Crippen molar-refractivity contribution < 1.29 is 14.3 Å². The molecule has 0 atom stereocenters. The van der Waals surface area contributed by atoms with Gasteiger partial charge < -0.3 is 20.1 Å². The molecule has 2 N–H and O–H groups in total. The van der Waals surface area contributed by atoms with Gasteiger partial charge in [0.25, 0.3) is 0 Å². The van der Waals surface area contributed by atoms with E-state index in [1.165, 1.54) is 32.8 Å². The van der Waals surface area contributed by atoms with Gasteiger partial charge in [-0.25, -0.2) is 4.79 Å². The van der Waals surface area contributed by atoms with Crippen LogP contribution in [0.3, 0.4) is 0 Å². The number of guanidine groups is 1. The lowest BCUT2D eigenvalue weighted by molar-refractivity contribution is 0.0600. The molecule has 0 bridgehead atoms. The van der Waals surface area contributed by atoms with E-state index in [1.54, 1.807) is 26.3 Å². The summed E-state index contributed by atoms with van der Waals surface area (Å²) in [5.41, 5.74) is 1.95. The smallest absolute Gasteiger partial charge is 0.337 e. The van der Waals surface area contributed by atoms with Crippen LogP contribution in [0, 0.1) is 5.41 Å². The van der Waals surface area contributed by atoms with E-state index >= 15 is 0 Å². The van der Waals surface area contributed by atoms with Gasteiger partial charge in [0.05, 0.1) is 12.7 Å². The Bertz CT molecular complexity index is 599. The fourth-order valence-electron chi connectivity index (χ4n) is 3.51. The minimum absolute atomic E-state index is 0. The van der Waals surface area contributed by atoms with Gasteiger partial charge in [-0.2, -0.15) is 0 Å². The number of rotatable bonds is 8. The molecule has 0 aromatic heterocycles. The second kappa shape index (κ2) is 12.2. The van der Waals surface area contributed by atoms with E-state index in [2.05, 4.69) is 15.6 Å². The molecule has 0 aliphatic heterocycles. The number of nitrogens with zero attached hydrogens (tertiary/aromatic N) is 1. The number of methoxy groups -OCH3 is 2. The van der Waals surface area contributed by atoms with Crippen molar-refractivity contribution in [1.82, 2.24) is 10.6 Å². The molecule has 152 valence electrons. The summed E-state index contributed by atoms with van der Waals surface area (Å²) in [6, 6.07) is 7.39. The SMILES string of the molecule is CN=C(NCc1ccc(C(=O)OC)cc1)NCC1(CCOC)CCCC1.I. The summed E-state index contributed by atoms with van der Waals surface area (Å²) >= 11 is 0. The zero-order valence-corrected chi connectivity index (χ0v) is 18.9. The first-order valence-electron chi connectivity index (χ1n) is 9.23. The van der Waals surface area contributed by atoms with Gasteiger partial charge in [0.2, 0.25) is 0 Å². The molecule has 1 fully saturated rings. The predicted octanol–water partition coefficient (Wildman–Crippen LogP) is 3.35. The number of carbonyl (C=O) groups excluding carboxylic acids is 1. The molecular weight excluding hydrogens is 457 g/mol. The number of carbonyl (C=O) groups is 1. The molecule has 1 aromatic rings. The molecule has 7 heteroatoms. The first-order valence-corrected chi connectivity index (χ1v) is 9.23. The van der Waals surface area contributed by atoms with Crippen molar-refractivity contribution in [1.29, 1.82) is 0 Å². The van der Waals surface area contributed by atoms with Gasteiger partial charge in [0.15, 0.2) is 5.96 Å². The third-order valence-electron chi connectivity index (χ3n) is 5.19. The molecule has 6 nitrogen and oxygen atoms in total. The van der Waals surface area contributed by atoms with Crippen LogP contribution in [0.15, 0.2) is 29.3 Å². The van der Waals surface area contributed by atoms with Gasteiger partial charge in [-0.15, -0.1) is 24.0 Å². The Morgan fingerprint density at radius 1 is 1.15 bits per heavy atom. The lowest BCUT2D eigenvalue weighted by atomic mass is 9.83. The molecule has 0 spiro atoms. The highest BCUT2D eigenvalue weighted by molar-refractivity contribution is 14.0.